The summed E-state index contributed by atoms with van der Waals surface area (Å²) < 4.78 is 0.815. The van der Waals surface area contributed by atoms with E-state index in [0.717, 1.165) is 20.5 Å². The van der Waals surface area contributed by atoms with Crippen molar-refractivity contribution in [1.82, 2.24) is 4.98 Å². The molecule has 2 aromatic heterocycles. The summed E-state index contributed by atoms with van der Waals surface area (Å²) in [4.78, 5) is 5.39. The van der Waals surface area contributed by atoms with Gasteiger partial charge < -0.3 is 0 Å². The van der Waals surface area contributed by atoms with Crippen molar-refractivity contribution in [3.05, 3.63) is 40.5 Å². The lowest BCUT2D eigenvalue weighted by Gasteiger charge is -1.96. The lowest BCUT2D eigenvalue weighted by atomic mass is 10.2. The molecule has 1 nitrogen and oxygen atoms in total. The predicted molar refractivity (Wildman–Crippen MR) is 57.3 cm³/mol. The first-order chi connectivity index (χ1) is 6.25. The van der Waals surface area contributed by atoms with E-state index in [2.05, 4.69) is 11.1 Å². The molecule has 0 saturated heterocycles. The molecule has 0 aliphatic carbocycles. The van der Waals surface area contributed by atoms with Crippen molar-refractivity contribution in [1.29, 1.82) is 0 Å². The number of halogens is 1. The van der Waals surface area contributed by atoms with Gasteiger partial charge in [-0.05, 0) is 25.1 Å². The standard InChI is InChI=1S/C10H8ClNS/c1-7-2-3-8(6-12-7)9-4-5-10(11)13-9/h2-6H,1H3. The lowest BCUT2D eigenvalue weighted by Crippen LogP contribution is -1.79. The molecule has 66 valence electrons. The maximum atomic E-state index is 5.84. The smallest absolute Gasteiger partial charge is 0.0934 e. The molecule has 0 unspecified atom stereocenters. The SMILES string of the molecule is Cc1ccc(-c2ccc(Cl)s2)cn1. The van der Waals surface area contributed by atoms with Crippen molar-refractivity contribution in [2.24, 2.45) is 0 Å². The number of hydrogen-bond acceptors (Lipinski definition) is 2. The molecule has 0 saturated carbocycles. The molecule has 0 atom stereocenters. The largest absolute Gasteiger partial charge is 0.261 e. The molecule has 0 aliphatic rings. The third-order valence-electron chi connectivity index (χ3n) is 1.77. The topological polar surface area (TPSA) is 12.9 Å². The van der Waals surface area contributed by atoms with E-state index < -0.39 is 0 Å². The minimum absolute atomic E-state index is 0.815. The molecule has 0 fully saturated rings. The second kappa shape index (κ2) is 3.48. The van der Waals surface area contributed by atoms with E-state index in [1.54, 1.807) is 11.3 Å². The molecule has 0 amide bonds. The van der Waals surface area contributed by atoms with Crippen molar-refractivity contribution < 1.29 is 0 Å². The third-order valence-corrected chi connectivity index (χ3v) is 3.05. The summed E-state index contributed by atoms with van der Waals surface area (Å²) >= 11 is 7.41. The van der Waals surface area contributed by atoms with Gasteiger partial charge in [0.2, 0.25) is 0 Å². The summed E-state index contributed by atoms with van der Waals surface area (Å²) in [5.41, 5.74) is 2.16. The highest BCUT2D eigenvalue weighted by Gasteiger charge is 2.00. The van der Waals surface area contributed by atoms with Crippen LogP contribution in [0.1, 0.15) is 5.69 Å². The van der Waals surface area contributed by atoms with Gasteiger partial charge in [-0.25, -0.2) is 0 Å². The van der Waals surface area contributed by atoms with E-state index in [0.29, 0.717) is 0 Å². The van der Waals surface area contributed by atoms with E-state index in [4.69, 9.17) is 11.6 Å². The van der Waals surface area contributed by atoms with Gasteiger partial charge in [-0.2, -0.15) is 0 Å². The van der Waals surface area contributed by atoms with Crippen LogP contribution in [-0.4, -0.2) is 4.98 Å². The average molecular weight is 210 g/mol. The minimum atomic E-state index is 0.815. The van der Waals surface area contributed by atoms with Gasteiger partial charge in [-0.1, -0.05) is 17.7 Å². The number of aryl methyl sites for hydroxylation is 1. The molecule has 0 aliphatic heterocycles. The lowest BCUT2D eigenvalue weighted by molar-refractivity contribution is 1.20. The number of rotatable bonds is 1. The van der Waals surface area contributed by atoms with E-state index in [-0.39, 0.29) is 0 Å². The molecule has 0 bridgehead atoms. The zero-order valence-electron chi connectivity index (χ0n) is 7.12. The van der Waals surface area contributed by atoms with Crippen LogP contribution in [0.5, 0.6) is 0 Å². The average Bonchev–Trinajstić information content (AvgIpc) is 2.53. The molecule has 13 heavy (non-hydrogen) atoms. The molecule has 0 radical (unpaired) electrons. The first-order valence-corrected chi connectivity index (χ1v) is 5.13. The van der Waals surface area contributed by atoms with Crippen molar-refractivity contribution >= 4 is 22.9 Å². The number of pyridine rings is 1. The molecule has 2 aromatic rings. The Hall–Kier alpha value is -0.860. The fourth-order valence-corrected chi connectivity index (χ4v) is 2.12. The van der Waals surface area contributed by atoms with Crippen LogP contribution in [0.3, 0.4) is 0 Å². The van der Waals surface area contributed by atoms with Crippen LogP contribution in [0.2, 0.25) is 4.34 Å². The first-order valence-electron chi connectivity index (χ1n) is 3.94. The molecule has 2 rings (SSSR count). The Morgan fingerprint density at radius 3 is 2.62 bits per heavy atom. The Labute approximate surface area is 86.0 Å². The minimum Gasteiger partial charge on any atom is -0.261 e. The molecule has 2 heterocycles. The van der Waals surface area contributed by atoms with Gasteiger partial charge in [0.05, 0.1) is 4.34 Å². The predicted octanol–water partition coefficient (Wildman–Crippen LogP) is 3.77. The fourth-order valence-electron chi connectivity index (χ4n) is 1.08. The van der Waals surface area contributed by atoms with E-state index in [1.165, 1.54) is 0 Å². The maximum absolute atomic E-state index is 5.84. The van der Waals surface area contributed by atoms with Gasteiger partial charge in [-0.15, -0.1) is 11.3 Å². The van der Waals surface area contributed by atoms with Crippen LogP contribution in [0.25, 0.3) is 10.4 Å². The van der Waals surface area contributed by atoms with Gasteiger partial charge >= 0.3 is 0 Å². The van der Waals surface area contributed by atoms with Crippen LogP contribution >= 0.6 is 22.9 Å². The van der Waals surface area contributed by atoms with Crippen LogP contribution < -0.4 is 0 Å². The number of nitrogens with zero attached hydrogens (tertiary/aromatic N) is 1. The van der Waals surface area contributed by atoms with Crippen LogP contribution in [0, 0.1) is 6.92 Å². The number of thiophene rings is 1. The zero-order valence-corrected chi connectivity index (χ0v) is 8.69. The Morgan fingerprint density at radius 1 is 1.23 bits per heavy atom. The Morgan fingerprint density at radius 2 is 2.08 bits per heavy atom. The highest BCUT2D eigenvalue weighted by molar-refractivity contribution is 7.19. The second-order valence-electron chi connectivity index (χ2n) is 2.79. The molecular formula is C10H8ClNS. The normalized spacial score (nSPS) is 10.3. The molecular weight excluding hydrogens is 202 g/mol. The fraction of sp³-hybridized carbons (Fsp3) is 0.100. The van der Waals surface area contributed by atoms with Crippen molar-refractivity contribution in [3.8, 4) is 10.4 Å². The van der Waals surface area contributed by atoms with Crippen molar-refractivity contribution in [2.75, 3.05) is 0 Å². The van der Waals surface area contributed by atoms with Crippen LogP contribution in [0.4, 0.5) is 0 Å². The Kier molecular flexibility index (Phi) is 2.34. The summed E-state index contributed by atoms with van der Waals surface area (Å²) in [5, 5.41) is 0. The van der Waals surface area contributed by atoms with E-state index >= 15 is 0 Å². The van der Waals surface area contributed by atoms with Gasteiger partial charge in [0, 0.05) is 22.3 Å². The van der Waals surface area contributed by atoms with Gasteiger partial charge in [-0.3, -0.25) is 4.98 Å². The van der Waals surface area contributed by atoms with E-state index in [9.17, 15) is 0 Å². The van der Waals surface area contributed by atoms with Crippen molar-refractivity contribution in [2.45, 2.75) is 6.92 Å². The highest BCUT2D eigenvalue weighted by Crippen LogP contribution is 2.30. The summed E-state index contributed by atoms with van der Waals surface area (Å²) in [5.74, 6) is 0. The summed E-state index contributed by atoms with van der Waals surface area (Å²) in [6.07, 6.45) is 1.87. The molecule has 0 aromatic carbocycles. The molecule has 3 heteroatoms. The van der Waals surface area contributed by atoms with Gasteiger partial charge in [0.15, 0.2) is 0 Å². The van der Waals surface area contributed by atoms with E-state index in [1.807, 2.05) is 31.3 Å². The van der Waals surface area contributed by atoms with Crippen LogP contribution in [-0.2, 0) is 0 Å². The third kappa shape index (κ3) is 1.90. The number of hydrogen-bond donors (Lipinski definition) is 0. The van der Waals surface area contributed by atoms with Gasteiger partial charge in [0.1, 0.15) is 0 Å². The molecule has 0 spiro atoms. The van der Waals surface area contributed by atoms with Gasteiger partial charge in [0.25, 0.3) is 0 Å². The zero-order chi connectivity index (χ0) is 9.26. The maximum Gasteiger partial charge on any atom is 0.0934 e. The second-order valence-corrected chi connectivity index (χ2v) is 4.51. The van der Waals surface area contributed by atoms with Crippen LogP contribution in [0.15, 0.2) is 30.5 Å². The Balaban J connectivity index is 2.41. The monoisotopic (exact) mass is 209 g/mol. The summed E-state index contributed by atoms with van der Waals surface area (Å²) in [6.45, 7) is 1.98. The number of aromatic nitrogens is 1. The summed E-state index contributed by atoms with van der Waals surface area (Å²) in [6, 6.07) is 7.98. The first kappa shape index (κ1) is 8.73. The quantitative estimate of drug-likeness (QED) is 0.697. The summed E-state index contributed by atoms with van der Waals surface area (Å²) in [7, 11) is 0. The Bertz CT molecular complexity index is 405. The van der Waals surface area contributed by atoms with Crippen molar-refractivity contribution in [3.63, 3.8) is 0 Å². The molecule has 0 N–H and O–H groups in total. The highest BCUT2D eigenvalue weighted by atomic mass is 35.5.